The molecule has 1 fully saturated rings. The van der Waals surface area contributed by atoms with Gasteiger partial charge in [-0.1, -0.05) is 57.2 Å². The number of nitrogens with zero attached hydrogens (tertiary/aromatic N) is 2. The predicted octanol–water partition coefficient (Wildman–Crippen LogP) is 8.41. The number of ether oxygens (including phenoxy) is 1. The second-order valence-corrected chi connectivity index (χ2v) is 12.5. The Balaban J connectivity index is 1.54. The third-order valence-electron chi connectivity index (χ3n) is 8.24. The number of pyridine rings is 1. The second kappa shape index (κ2) is 10.2. The third-order valence-corrected chi connectivity index (χ3v) is 8.24. The van der Waals surface area contributed by atoms with E-state index in [1.807, 2.05) is 12.1 Å². The zero-order valence-corrected chi connectivity index (χ0v) is 24.2. The van der Waals surface area contributed by atoms with E-state index in [9.17, 15) is 5.26 Å². The van der Waals surface area contributed by atoms with Crippen LogP contribution in [0.1, 0.15) is 61.8 Å². The Morgan fingerprint density at radius 3 is 2.25 bits per heavy atom. The maximum absolute atomic E-state index is 10.1. The molecular formula is C36H37N2O2+. The van der Waals surface area contributed by atoms with Crippen molar-refractivity contribution in [1.82, 2.24) is 0 Å². The first-order chi connectivity index (χ1) is 19.2. The molecule has 0 spiro atoms. The van der Waals surface area contributed by atoms with Crippen LogP contribution in [0.5, 0.6) is 0 Å². The quantitative estimate of drug-likeness (QED) is 0.220. The molecule has 3 aromatic carbocycles. The molecule has 4 heteroatoms. The van der Waals surface area contributed by atoms with Gasteiger partial charge < -0.3 is 9.15 Å². The van der Waals surface area contributed by atoms with Crippen molar-refractivity contribution in [2.45, 2.75) is 52.9 Å². The van der Waals surface area contributed by atoms with Crippen LogP contribution in [-0.4, -0.2) is 13.2 Å². The van der Waals surface area contributed by atoms with E-state index in [1.54, 1.807) is 0 Å². The zero-order valence-electron chi connectivity index (χ0n) is 24.2. The van der Waals surface area contributed by atoms with Crippen LogP contribution in [0.3, 0.4) is 0 Å². The van der Waals surface area contributed by atoms with E-state index in [2.05, 4.69) is 100 Å². The summed E-state index contributed by atoms with van der Waals surface area (Å²) in [5.74, 6) is 0.528. The molecule has 5 aromatic rings. The molecule has 4 nitrogen and oxygen atoms in total. The smallest absolute Gasteiger partial charge is 0.216 e. The first-order valence-corrected chi connectivity index (χ1v) is 14.3. The molecule has 0 unspecified atom stereocenters. The van der Waals surface area contributed by atoms with Gasteiger partial charge in [0, 0.05) is 41.7 Å². The number of aryl methyl sites for hydroxylation is 2. The van der Waals surface area contributed by atoms with E-state index < -0.39 is 0 Å². The number of benzene rings is 3. The lowest BCUT2D eigenvalue weighted by atomic mass is 9.87. The molecule has 0 bridgehead atoms. The van der Waals surface area contributed by atoms with Crippen LogP contribution >= 0.6 is 0 Å². The summed E-state index contributed by atoms with van der Waals surface area (Å²) in [7, 11) is 2.09. The molecule has 1 saturated heterocycles. The largest absolute Gasteiger partial charge is 0.454 e. The highest BCUT2D eigenvalue weighted by atomic mass is 16.5. The highest BCUT2D eigenvalue weighted by Gasteiger charge is 2.24. The minimum absolute atomic E-state index is 0.195. The molecule has 1 aliphatic heterocycles. The van der Waals surface area contributed by atoms with Crippen LogP contribution in [0, 0.1) is 23.7 Å². The standard InChI is InChI=1S/C36H37N2O2/c1-23-6-12-29-30-13-11-28(22-37)33(27-9-7-25(8-10-27)26-15-18-39-19-16-26)35(30)40-34(29)32(23)31-20-24(14-17-38(31)5)21-36(2,3)4/h6-14,17,20,26H,15-16,18-19,21H2,1-5H3/q+1. The van der Waals surface area contributed by atoms with Gasteiger partial charge in [0.1, 0.15) is 18.2 Å². The molecule has 2 aromatic heterocycles. The molecule has 0 aliphatic carbocycles. The Hall–Kier alpha value is -3.94. The number of hydrogen-bond acceptors (Lipinski definition) is 3. The Morgan fingerprint density at radius 2 is 1.57 bits per heavy atom. The summed E-state index contributed by atoms with van der Waals surface area (Å²) in [6.07, 6.45) is 5.25. The summed E-state index contributed by atoms with van der Waals surface area (Å²) in [5, 5.41) is 12.2. The van der Waals surface area contributed by atoms with Crippen LogP contribution in [0.25, 0.3) is 44.3 Å². The van der Waals surface area contributed by atoms with E-state index >= 15 is 0 Å². The van der Waals surface area contributed by atoms with E-state index in [1.165, 1.54) is 11.1 Å². The average molecular weight is 530 g/mol. The Bertz CT molecular complexity index is 1760. The second-order valence-electron chi connectivity index (χ2n) is 12.5. The Labute approximate surface area is 236 Å². The average Bonchev–Trinajstić information content (AvgIpc) is 3.32. The van der Waals surface area contributed by atoms with Crippen LogP contribution in [-0.2, 0) is 18.2 Å². The van der Waals surface area contributed by atoms with E-state index in [4.69, 9.17) is 9.15 Å². The Morgan fingerprint density at radius 1 is 0.900 bits per heavy atom. The molecule has 6 rings (SSSR count). The summed E-state index contributed by atoms with van der Waals surface area (Å²) in [6.45, 7) is 10.6. The summed E-state index contributed by atoms with van der Waals surface area (Å²) in [6, 6.07) is 24.0. The van der Waals surface area contributed by atoms with Gasteiger partial charge in [0.2, 0.25) is 5.69 Å². The van der Waals surface area contributed by atoms with Crippen molar-refractivity contribution in [3.8, 4) is 28.5 Å². The fourth-order valence-corrected chi connectivity index (χ4v) is 6.24. The third kappa shape index (κ3) is 4.80. The van der Waals surface area contributed by atoms with E-state index in [0.717, 1.165) is 82.4 Å². The number of fused-ring (bicyclic) bond motifs is 3. The molecule has 0 N–H and O–H groups in total. The SMILES string of the molecule is Cc1ccc2c(oc3c(-c4ccc(C5CCOCC5)cc4)c(C#N)ccc32)c1-c1cc(CC(C)(C)C)cc[n+]1C. The summed E-state index contributed by atoms with van der Waals surface area (Å²) in [4.78, 5) is 0. The van der Waals surface area contributed by atoms with Gasteiger partial charge >= 0.3 is 0 Å². The molecule has 1 aliphatic rings. The molecular weight excluding hydrogens is 492 g/mol. The van der Waals surface area contributed by atoms with Gasteiger partial charge in [-0.25, -0.2) is 4.57 Å². The van der Waals surface area contributed by atoms with Gasteiger partial charge in [-0.15, -0.1) is 0 Å². The summed E-state index contributed by atoms with van der Waals surface area (Å²) < 4.78 is 14.5. The van der Waals surface area contributed by atoms with E-state index in [-0.39, 0.29) is 5.41 Å². The lowest BCUT2D eigenvalue weighted by Gasteiger charge is -2.22. The first kappa shape index (κ1) is 26.3. The zero-order chi connectivity index (χ0) is 28.0. The minimum atomic E-state index is 0.195. The van der Waals surface area contributed by atoms with Gasteiger partial charge in [-0.3, -0.25) is 0 Å². The summed E-state index contributed by atoms with van der Waals surface area (Å²) in [5.41, 5.74) is 10.4. The van der Waals surface area contributed by atoms with Crippen molar-refractivity contribution < 1.29 is 13.7 Å². The topological polar surface area (TPSA) is 50.0 Å². The van der Waals surface area contributed by atoms with Crippen molar-refractivity contribution in [2.75, 3.05) is 13.2 Å². The van der Waals surface area contributed by atoms with Crippen molar-refractivity contribution in [3.05, 3.63) is 89.1 Å². The maximum Gasteiger partial charge on any atom is 0.216 e. The monoisotopic (exact) mass is 529 g/mol. The van der Waals surface area contributed by atoms with Gasteiger partial charge in [0.15, 0.2) is 6.20 Å². The van der Waals surface area contributed by atoms with Crippen LogP contribution in [0.15, 0.2) is 71.3 Å². The summed E-state index contributed by atoms with van der Waals surface area (Å²) >= 11 is 0. The maximum atomic E-state index is 10.1. The fraction of sp³-hybridized carbons (Fsp3) is 0.333. The lowest BCUT2D eigenvalue weighted by molar-refractivity contribution is -0.660. The van der Waals surface area contributed by atoms with Gasteiger partial charge in [0.25, 0.3) is 0 Å². The van der Waals surface area contributed by atoms with Crippen molar-refractivity contribution in [1.29, 1.82) is 5.26 Å². The predicted molar refractivity (Wildman–Crippen MR) is 161 cm³/mol. The molecule has 202 valence electrons. The first-order valence-electron chi connectivity index (χ1n) is 14.3. The number of rotatable bonds is 4. The van der Waals surface area contributed by atoms with Crippen LogP contribution in [0.2, 0.25) is 0 Å². The molecule has 0 saturated carbocycles. The molecule has 0 radical (unpaired) electrons. The van der Waals surface area contributed by atoms with Crippen molar-refractivity contribution in [3.63, 3.8) is 0 Å². The Kier molecular flexibility index (Phi) is 6.72. The number of furan rings is 1. The van der Waals surface area contributed by atoms with Crippen molar-refractivity contribution >= 4 is 21.9 Å². The van der Waals surface area contributed by atoms with Gasteiger partial charge in [0.05, 0.1) is 17.2 Å². The molecule has 0 amide bonds. The molecule has 0 atom stereocenters. The highest BCUT2D eigenvalue weighted by Crippen LogP contribution is 2.42. The number of nitriles is 1. The van der Waals surface area contributed by atoms with Gasteiger partial charge in [-0.05, 0) is 71.9 Å². The molecule has 40 heavy (non-hydrogen) atoms. The van der Waals surface area contributed by atoms with Crippen LogP contribution < -0.4 is 4.57 Å². The number of hydrogen-bond donors (Lipinski definition) is 0. The normalized spacial score (nSPS) is 14.6. The lowest BCUT2D eigenvalue weighted by Crippen LogP contribution is -2.31. The van der Waals surface area contributed by atoms with E-state index in [0.29, 0.717) is 11.5 Å². The van der Waals surface area contributed by atoms with Crippen molar-refractivity contribution in [2.24, 2.45) is 12.5 Å². The molecule has 3 heterocycles. The van der Waals surface area contributed by atoms with Crippen LogP contribution in [0.4, 0.5) is 0 Å². The minimum Gasteiger partial charge on any atom is -0.454 e. The highest BCUT2D eigenvalue weighted by molar-refractivity contribution is 6.14. The number of aromatic nitrogens is 1. The van der Waals surface area contributed by atoms with Gasteiger partial charge in [-0.2, -0.15) is 5.26 Å². The fourth-order valence-electron chi connectivity index (χ4n) is 6.24.